The van der Waals surface area contributed by atoms with E-state index in [0.29, 0.717) is 12.1 Å². The molecular weight excluding hydrogens is 475 g/mol. The fourth-order valence-electron chi connectivity index (χ4n) is 3.72. The van der Waals surface area contributed by atoms with Crippen molar-refractivity contribution in [3.8, 4) is 17.3 Å². The van der Waals surface area contributed by atoms with Gasteiger partial charge in [0.1, 0.15) is 23.3 Å². The highest BCUT2D eigenvalue weighted by Crippen LogP contribution is 2.34. The molecular formula is C28H17F5N2O. The molecule has 0 amide bonds. The van der Waals surface area contributed by atoms with Crippen LogP contribution in [0.1, 0.15) is 27.8 Å². The van der Waals surface area contributed by atoms with Gasteiger partial charge in [-0.2, -0.15) is 18.4 Å². The lowest BCUT2D eigenvalue weighted by atomic mass is 10.0. The Balaban J connectivity index is 1.83. The quantitative estimate of drug-likeness (QED) is 0.225. The van der Waals surface area contributed by atoms with Gasteiger partial charge < -0.3 is 4.57 Å². The predicted octanol–water partition coefficient (Wildman–Crippen LogP) is 6.90. The molecule has 4 rings (SSSR count). The SMILES string of the molecule is N#Cc1c(C(F)(F)F)cc(-c2ccc(C=Cc3ccccc3)cc2)n(Cc2ccc(F)cc2F)c1=O. The van der Waals surface area contributed by atoms with Gasteiger partial charge in [0, 0.05) is 11.6 Å². The number of nitriles is 1. The van der Waals surface area contributed by atoms with Crippen LogP contribution in [-0.4, -0.2) is 4.57 Å². The molecule has 3 aromatic carbocycles. The zero-order valence-electron chi connectivity index (χ0n) is 18.6. The first-order chi connectivity index (χ1) is 17.2. The van der Waals surface area contributed by atoms with Crippen molar-refractivity contribution >= 4 is 12.2 Å². The van der Waals surface area contributed by atoms with E-state index in [4.69, 9.17) is 0 Å². The van der Waals surface area contributed by atoms with Gasteiger partial charge >= 0.3 is 6.18 Å². The van der Waals surface area contributed by atoms with Crippen molar-refractivity contribution in [1.82, 2.24) is 4.57 Å². The van der Waals surface area contributed by atoms with Crippen LogP contribution >= 0.6 is 0 Å². The van der Waals surface area contributed by atoms with E-state index in [1.54, 1.807) is 12.1 Å². The molecule has 0 saturated carbocycles. The molecule has 0 aliphatic rings. The summed E-state index contributed by atoms with van der Waals surface area (Å²) in [4.78, 5) is 13.0. The molecule has 0 aliphatic heterocycles. The molecule has 0 saturated heterocycles. The maximum absolute atomic E-state index is 14.3. The van der Waals surface area contributed by atoms with Gasteiger partial charge in [-0.05, 0) is 28.8 Å². The number of alkyl halides is 3. The standard InChI is InChI=1S/C28H17F5N2O/c29-22-13-12-21(25(30)14-22)17-35-26(15-24(28(31,32)33)23(16-34)27(35)36)20-10-8-19(9-11-20)7-6-18-4-2-1-3-5-18/h1-15H,17H2. The molecule has 1 heterocycles. The Labute approximate surface area is 203 Å². The minimum Gasteiger partial charge on any atom is -0.303 e. The summed E-state index contributed by atoms with van der Waals surface area (Å²) in [6.45, 7) is -0.497. The van der Waals surface area contributed by atoms with Gasteiger partial charge in [-0.25, -0.2) is 8.78 Å². The molecule has 3 nitrogen and oxygen atoms in total. The number of halogens is 5. The number of hydrogen-bond acceptors (Lipinski definition) is 2. The van der Waals surface area contributed by atoms with Crippen molar-refractivity contribution in [2.75, 3.05) is 0 Å². The second kappa shape index (κ2) is 10.0. The van der Waals surface area contributed by atoms with E-state index in [0.717, 1.165) is 27.8 Å². The van der Waals surface area contributed by atoms with E-state index >= 15 is 0 Å². The van der Waals surface area contributed by atoms with Crippen molar-refractivity contribution in [2.45, 2.75) is 12.7 Å². The number of hydrogen-bond donors (Lipinski definition) is 0. The summed E-state index contributed by atoms with van der Waals surface area (Å²) in [5.41, 5.74) is -2.02. The van der Waals surface area contributed by atoms with Crippen LogP contribution < -0.4 is 5.56 Å². The van der Waals surface area contributed by atoms with Crippen LogP contribution in [0, 0.1) is 23.0 Å². The van der Waals surface area contributed by atoms with Crippen LogP contribution in [0.5, 0.6) is 0 Å². The van der Waals surface area contributed by atoms with Crippen LogP contribution in [0.2, 0.25) is 0 Å². The number of pyridine rings is 1. The lowest BCUT2D eigenvalue weighted by molar-refractivity contribution is -0.137. The van der Waals surface area contributed by atoms with Crippen LogP contribution in [0.25, 0.3) is 23.4 Å². The highest BCUT2D eigenvalue weighted by atomic mass is 19.4. The first kappa shape index (κ1) is 24.6. The topological polar surface area (TPSA) is 45.8 Å². The first-order valence-corrected chi connectivity index (χ1v) is 10.7. The second-order valence-corrected chi connectivity index (χ2v) is 7.92. The van der Waals surface area contributed by atoms with Crippen molar-refractivity contribution < 1.29 is 22.0 Å². The molecule has 1 aromatic heterocycles. The van der Waals surface area contributed by atoms with Crippen molar-refractivity contribution in [3.05, 3.63) is 129 Å². The summed E-state index contributed by atoms with van der Waals surface area (Å²) >= 11 is 0. The van der Waals surface area contributed by atoms with Gasteiger partial charge in [0.25, 0.3) is 5.56 Å². The fourth-order valence-corrected chi connectivity index (χ4v) is 3.72. The van der Waals surface area contributed by atoms with Crippen LogP contribution in [0.4, 0.5) is 22.0 Å². The van der Waals surface area contributed by atoms with E-state index in [1.807, 2.05) is 42.5 Å². The number of nitrogens with zero attached hydrogens (tertiary/aromatic N) is 2. The second-order valence-electron chi connectivity index (χ2n) is 7.92. The van der Waals surface area contributed by atoms with Gasteiger partial charge in [0.05, 0.1) is 17.8 Å². The van der Waals surface area contributed by atoms with E-state index in [-0.39, 0.29) is 16.8 Å². The van der Waals surface area contributed by atoms with Crippen LogP contribution in [-0.2, 0) is 12.7 Å². The number of benzene rings is 3. The molecule has 0 aliphatic carbocycles. The van der Waals surface area contributed by atoms with E-state index in [9.17, 15) is 32.0 Å². The average Bonchev–Trinajstić information content (AvgIpc) is 2.85. The highest BCUT2D eigenvalue weighted by molar-refractivity contribution is 5.72. The fraction of sp³-hybridized carbons (Fsp3) is 0.0714. The van der Waals surface area contributed by atoms with Gasteiger partial charge in [0.15, 0.2) is 0 Å². The molecule has 0 fully saturated rings. The maximum atomic E-state index is 14.3. The predicted molar refractivity (Wildman–Crippen MR) is 127 cm³/mol. The molecule has 180 valence electrons. The Hall–Kier alpha value is -4.51. The minimum absolute atomic E-state index is 0.120. The lowest BCUT2D eigenvalue weighted by Gasteiger charge is -2.18. The molecule has 0 N–H and O–H groups in total. The normalized spacial score (nSPS) is 11.6. The Bertz CT molecular complexity index is 1530. The van der Waals surface area contributed by atoms with Gasteiger partial charge in [0.2, 0.25) is 0 Å². The average molecular weight is 492 g/mol. The van der Waals surface area contributed by atoms with Crippen molar-refractivity contribution in [1.29, 1.82) is 5.26 Å². The van der Waals surface area contributed by atoms with E-state index in [2.05, 4.69) is 0 Å². The molecule has 8 heteroatoms. The smallest absolute Gasteiger partial charge is 0.303 e. The molecule has 0 unspecified atom stereocenters. The first-order valence-electron chi connectivity index (χ1n) is 10.7. The lowest BCUT2D eigenvalue weighted by Crippen LogP contribution is -2.29. The van der Waals surface area contributed by atoms with Crippen LogP contribution in [0.15, 0.2) is 83.7 Å². The molecule has 0 bridgehead atoms. The third kappa shape index (κ3) is 5.26. The summed E-state index contributed by atoms with van der Waals surface area (Å²) in [7, 11) is 0. The number of aromatic nitrogens is 1. The monoisotopic (exact) mass is 492 g/mol. The number of rotatable bonds is 5. The van der Waals surface area contributed by atoms with Gasteiger partial charge in [-0.3, -0.25) is 4.79 Å². The highest BCUT2D eigenvalue weighted by Gasteiger charge is 2.36. The summed E-state index contributed by atoms with van der Waals surface area (Å²) in [5, 5.41) is 9.30. The maximum Gasteiger partial charge on any atom is 0.417 e. The van der Waals surface area contributed by atoms with Crippen LogP contribution in [0.3, 0.4) is 0 Å². The third-order valence-electron chi connectivity index (χ3n) is 5.54. The zero-order valence-corrected chi connectivity index (χ0v) is 18.6. The minimum atomic E-state index is -4.96. The molecule has 0 radical (unpaired) electrons. The van der Waals surface area contributed by atoms with E-state index in [1.165, 1.54) is 18.2 Å². The summed E-state index contributed by atoms with van der Waals surface area (Å²) in [6.07, 6.45) is -1.27. The van der Waals surface area contributed by atoms with Gasteiger partial charge in [-0.15, -0.1) is 0 Å². The summed E-state index contributed by atoms with van der Waals surface area (Å²) in [5.74, 6) is -1.80. The zero-order chi connectivity index (χ0) is 25.9. The van der Waals surface area contributed by atoms with Crippen molar-refractivity contribution in [3.63, 3.8) is 0 Å². The summed E-state index contributed by atoms with van der Waals surface area (Å²) < 4.78 is 69.6. The Kier molecular flexibility index (Phi) is 6.84. The Morgan fingerprint density at radius 1 is 0.861 bits per heavy atom. The Morgan fingerprint density at radius 3 is 2.08 bits per heavy atom. The third-order valence-corrected chi connectivity index (χ3v) is 5.54. The summed E-state index contributed by atoms with van der Waals surface area (Å²) in [6, 6.07) is 20.6. The van der Waals surface area contributed by atoms with Gasteiger partial charge in [-0.1, -0.05) is 72.8 Å². The Morgan fingerprint density at radius 2 is 1.50 bits per heavy atom. The molecule has 0 spiro atoms. The largest absolute Gasteiger partial charge is 0.417 e. The van der Waals surface area contributed by atoms with E-state index < -0.39 is 41.0 Å². The molecule has 0 atom stereocenters. The molecule has 36 heavy (non-hydrogen) atoms. The van der Waals surface area contributed by atoms with Crippen molar-refractivity contribution in [2.24, 2.45) is 0 Å². The molecule has 4 aromatic rings.